The molecule has 0 unspecified atom stereocenters. The van der Waals surface area contributed by atoms with Crippen LogP contribution >= 0.6 is 0 Å². The van der Waals surface area contributed by atoms with Gasteiger partial charge in [-0.15, -0.1) is 0 Å². The number of unbranched alkanes of at least 4 members (excludes halogenated alkanes) is 2. The van der Waals surface area contributed by atoms with Gasteiger partial charge in [-0.05, 0) is 30.6 Å². The van der Waals surface area contributed by atoms with Crippen molar-refractivity contribution in [3.63, 3.8) is 0 Å². The summed E-state index contributed by atoms with van der Waals surface area (Å²) in [5.41, 5.74) is 0. The van der Waals surface area contributed by atoms with Gasteiger partial charge in [-0.2, -0.15) is 0 Å². The molecule has 1 fully saturated rings. The molecule has 0 N–H and O–H groups in total. The normalized spacial score (nSPS) is 28.3. The molecule has 0 radical (unpaired) electrons. The van der Waals surface area contributed by atoms with Gasteiger partial charge in [-0.1, -0.05) is 59.3 Å². The van der Waals surface area contributed by atoms with E-state index < -0.39 is 0 Å². The lowest BCUT2D eigenvalue weighted by molar-refractivity contribution is 0.214. The van der Waals surface area contributed by atoms with Crippen LogP contribution in [0.15, 0.2) is 0 Å². The summed E-state index contributed by atoms with van der Waals surface area (Å²) in [6.45, 7) is 7.08. The van der Waals surface area contributed by atoms with Crippen LogP contribution < -0.4 is 0 Å². The van der Waals surface area contributed by atoms with Crippen molar-refractivity contribution in [2.75, 3.05) is 0 Å². The van der Waals surface area contributed by atoms with E-state index in [1.807, 2.05) is 0 Å². The van der Waals surface area contributed by atoms with Crippen molar-refractivity contribution in [3.8, 4) is 0 Å². The van der Waals surface area contributed by atoms with Crippen LogP contribution in [-0.4, -0.2) is 0 Å². The van der Waals surface area contributed by atoms with Crippen LogP contribution in [0, 0.1) is 17.8 Å². The topological polar surface area (TPSA) is 0 Å². The minimum Gasteiger partial charge on any atom is -0.0654 e. The molecule has 0 nitrogen and oxygen atoms in total. The molecule has 0 spiro atoms. The third-order valence-corrected chi connectivity index (χ3v) is 4.05. The first kappa shape index (κ1) is 12.1. The smallest absolute Gasteiger partial charge is 0.0391 e. The summed E-state index contributed by atoms with van der Waals surface area (Å²) in [5, 5.41) is 0. The average molecular weight is 196 g/mol. The van der Waals surface area contributed by atoms with Crippen LogP contribution in [0.4, 0.5) is 0 Å². The molecule has 0 heterocycles. The number of hydrogen-bond donors (Lipinski definition) is 0. The highest BCUT2D eigenvalue weighted by atomic mass is 14.3. The summed E-state index contributed by atoms with van der Waals surface area (Å²) in [4.78, 5) is 0. The highest BCUT2D eigenvalue weighted by molar-refractivity contribution is 4.74. The van der Waals surface area contributed by atoms with E-state index in [4.69, 9.17) is 0 Å². The molecule has 0 heteroatoms. The minimum absolute atomic E-state index is 0.923. The maximum Gasteiger partial charge on any atom is -0.0391 e. The molecule has 0 atom stereocenters. The Morgan fingerprint density at radius 1 is 1.00 bits per heavy atom. The van der Waals surface area contributed by atoms with E-state index in [1.54, 1.807) is 0 Å². The fourth-order valence-corrected chi connectivity index (χ4v) is 2.83. The van der Waals surface area contributed by atoms with Crippen LogP contribution in [0.2, 0.25) is 0 Å². The van der Waals surface area contributed by atoms with Gasteiger partial charge in [-0.25, -0.2) is 0 Å². The van der Waals surface area contributed by atoms with Crippen molar-refractivity contribution < 1.29 is 0 Å². The fourth-order valence-electron chi connectivity index (χ4n) is 2.83. The summed E-state index contributed by atoms with van der Waals surface area (Å²) in [6.07, 6.45) is 11.9. The fraction of sp³-hybridized carbons (Fsp3) is 1.00. The largest absolute Gasteiger partial charge is 0.0654 e. The third kappa shape index (κ3) is 4.02. The van der Waals surface area contributed by atoms with Gasteiger partial charge in [0, 0.05) is 0 Å². The highest BCUT2D eigenvalue weighted by Crippen LogP contribution is 2.35. The molecule has 0 bridgehead atoms. The Kier molecular flexibility index (Phi) is 5.59. The van der Waals surface area contributed by atoms with E-state index >= 15 is 0 Å². The van der Waals surface area contributed by atoms with Gasteiger partial charge in [0.1, 0.15) is 0 Å². The van der Waals surface area contributed by atoms with Crippen LogP contribution in [0.3, 0.4) is 0 Å². The van der Waals surface area contributed by atoms with E-state index in [1.165, 1.54) is 51.4 Å². The monoisotopic (exact) mass is 196 g/mol. The van der Waals surface area contributed by atoms with E-state index in [9.17, 15) is 0 Å². The van der Waals surface area contributed by atoms with Crippen molar-refractivity contribution >= 4 is 0 Å². The van der Waals surface area contributed by atoms with Gasteiger partial charge < -0.3 is 0 Å². The molecule has 1 rings (SSSR count). The van der Waals surface area contributed by atoms with Crippen molar-refractivity contribution in [3.05, 3.63) is 0 Å². The Balaban J connectivity index is 2.09. The maximum absolute atomic E-state index is 2.39. The second kappa shape index (κ2) is 6.48. The van der Waals surface area contributed by atoms with E-state index in [0.717, 1.165) is 17.8 Å². The van der Waals surface area contributed by atoms with Gasteiger partial charge in [0.2, 0.25) is 0 Å². The maximum atomic E-state index is 2.39. The molecule has 0 aromatic rings. The molecule has 14 heavy (non-hydrogen) atoms. The highest BCUT2D eigenvalue weighted by Gasteiger charge is 2.22. The zero-order chi connectivity index (χ0) is 10.4. The zero-order valence-corrected chi connectivity index (χ0v) is 10.4. The van der Waals surface area contributed by atoms with E-state index in [2.05, 4.69) is 20.8 Å². The second-order valence-electron chi connectivity index (χ2n) is 5.52. The first-order chi connectivity index (χ1) is 6.74. The van der Waals surface area contributed by atoms with Gasteiger partial charge >= 0.3 is 0 Å². The van der Waals surface area contributed by atoms with Gasteiger partial charge in [-0.3, -0.25) is 0 Å². The lowest BCUT2D eigenvalue weighted by atomic mass is 9.75. The van der Waals surface area contributed by atoms with Gasteiger partial charge in [0.15, 0.2) is 0 Å². The molecule has 0 saturated heterocycles. The molecule has 1 saturated carbocycles. The Morgan fingerprint density at radius 2 is 1.64 bits per heavy atom. The molecule has 0 aromatic heterocycles. The van der Waals surface area contributed by atoms with Crippen LogP contribution in [0.25, 0.3) is 0 Å². The third-order valence-electron chi connectivity index (χ3n) is 4.05. The van der Waals surface area contributed by atoms with E-state index in [-0.39, 0.29) is 0 Å². The first-order valence-corrected chi connectivity index (χ1v) is 6.74. The minimum atomic E-state index is 0.923. The summed E-state index contributed by atoms with van der Waals surface area (Å²) >= 11 is 0. The van der Waals surface area contributed by atoms with Crippen molar-refractivity contribution in [1.82, 2.24) is 0 Å². The molecule has 0 aromatic carbocycles. The van der Waals surface area contributed by atoms with Crippen molar-refractivity contribution in [2.24, 2.45) is 17.8 Å². The SMILES string of the molecule is CCCCCC1CCC(C(C)C)CC1. The number of rotatable bonds is 5. The lowest BCUT2D eigenvalue weighted by Gasteiger charge is -2.30. The molecular formula is C14H28. The molecule has 1 aliphatic carbocycles. The molecule has 1 aliphatic rings. The summed E-state index contributed by atoms with van der Waals surface area (Å²) in [6, 6.07) is 0. The Hall–Kier alpha value is 0. The van der Waals surface area contributed by atoms with E-state index in [0.29, 0.717) is 0 Å². The number of hydrogen-bond acceptors (Lipinski definition) is 0. The molecule has 84 valence electrons. The summed E-state index contributed by atoms with van der Waals surface area (Å²) in [5.74, 6) is 3.04. The van der Waals surface area contributed by atoms with Gasteiger partial charge in [0.25, 0.3) is 0 Å². The zero-order valence-electron chi connectivity index (χ0n) is 10.4. The summed E-state index contributed by atoms with van der Waals surface area (Å²) < 4.78 is 0. The predicted octanol–water partition coefficient (Wildman–Crippen LogP) is 5.03. The second-order valence-corrected chi connectivity index (χ2v) is 5.52. The van der Waals surface area contributed by atoms with Crippen molar-refractivity contribution in [2.45, 2.75) is 72.1 Å². The molecular weight excluding hydrogens is 168 g/mol. The Bertz CT molecular complexity index is 129. The first-order valence-electron chi connectivity index (χ1n) is 6.74. The average Bonchev–Trinajstić information content (AvgIpc) is 2.19. The molecule has 0 aliphatic heterocycles. The van der Waals surface area contributed by atoms with Crippen LogP contribution in [-0.2, 0) is 0 Å². The predicted molar refractivity (Wildman–Crippen MR) is 64.4 cm³/mol. The Morgan fingerprint density at radius 3 is 2.14 bits per heavy atom. The Labute approximate surface area is 90.5 Å². The lowest BCUT2D eigenvalue weighted by Crippen LogP contribution is -2.18. The summed E-state index contributed by atoms with van der Waals surface area (Å²) in [7, 11) is 0. The van der Waals surface area contributed by atoms with Gasteiger partial charge in [0.05, 0.1) is 0 Å². The van der Waals surface area contributed by atoms with Crippen LogP contribution in [0.5, 0.6) is 0 Å². The standard InChI is InChI=1S/C14H28/c1-4-5-6-7-13-8-10-14(11-9-13)12(2)3/h12-14H,4-11H2,1-3H3. The molecule has 0 amide bonds. The quantitative estimate of drug-likeness (QED) is 0.541. The van der Waals surface area contributed by atoms with Crippen molar-refractivity contribution in [1.29, 1.82) is 0 Å². The van der Waals surface area contributed by atoms with Crippen LogP contribution in [0.1, 0.15) is 72.1 Å².